The van der Waals surface area contributed by atoms with Crippen LogP contribution in [0.15, 0.2) is 36.5 Å². The van der Waals surface area contributed by atoms with Crippen molar-refractivity contribution in [2.75, 3.05) is 13.1 Å². The van der Waals surface area contributed by atoms with Gasteiger partial charge >= 0.3 is 0 Å². The summed E-state index contributed by atoms with van der Waals surface area (Å²) in [4.78, 5) is 4.23. The molecule has 0 radical (unpaired) electrons. The molecule has 3 N–H and O–H groups in total. The first kappa shape index (κ1) is 12.9. The minimum Gasteiger partial charge on any atom is -0.329 e. The van der Waals surface area contributed by atoms with Gasteiger partial charge in [-0.05, 0) is 11.6 Å². The number of benzene rings is 1. The van der Waals surface area contributed by atoms with E-state index in [1.807, 2.05) is 24.3 Å². The quantitative estimate of drug-likeness (QED) is 0.829. The first-order valence-corrected chi connectivity index (χ1v) is 7.27. The molecule has 0 bridgehead atoms. The number of nitrogens with zero attached hydrogens (tertiary/aromatic N) is 1. The Balaban J connectivity index is 2.32. The van der Waals surface area contributed by atoms with E-state index in [4.69, 9.17) is 5.73 Å². The lowest BCUT2D eigenvalue weighted by Crippen LogP contribution is -2.30. The first-order valence-electron chi connectivity index (χ1n) is 5.62. The van der Waals surface area contributed by atoms with Crippen molar-refractivity contribution in [1.29, 1.82) is 0 Å². The normalized spacial score (nSPS) is 11.8. The number of nitrogens with one attached hydrogen (secondary N) is 1. The highest BCUT2D eigenvalue weighted by molar-refractivity contribution is 7.88. The molecule has 2 rings (SSSR count). The topological polar surface area (TPSA) is 85.1 Å². The number of aromatic nitrogens is 1. The molecule has 0 saturated heterocycles. The maximum Gasteiger partial charge on any atom is 0.215 e. The molecule has 1 heterocycles. The highest BCUT2D eigenvalue weighted by atomic mass is 32.2. The molecular weight excluding hydrogens is 250 g/mol. The third-order valence-electron chi connectivity index (χ3n) is 2.53. The highest BCUT2D eigenvalue weighted by Crippen LogP contribution is 2.17. The molecule has 2 aromatic rings. The van der Waals surface area contributed by atoms with Crippen molar-refractivity contribution in [3.8, 4) is 0 Å². The molecule has 1 aromatic carbocycles. The van der Waals surface area contributed by atoms with Gasteiger partial charge in [-0.3, -0.25) is 4.98 Å². The Hall–Kier alpha value is -1.50. The molecule has 0 unspecified atom stereocenters. The lowest BCUT2D eigenvalue weighted by molar-refractivity contribution is 0.581. The lowest BCUT2D eigenvalue weighted by atomic mass is 10.1. The molecule has 0 saturated carbocycles. The number of hydrogen-bond donors (Lipinski definition) is 2. The fourth-order valence-corrected chi connectivity index (χ4v) is 2.93. The lowest BCUT2D eigenvalue weighted by Gasteiger charge is -2.07. The summed E-state index contributed by atoms with van der Waals surface area (Å²) < 4.78 is 26.1. The van der Waals surface area contributed by atoms with E-state index < -0.39 is 10.0 Å². The Kier molecular flexibility index (Phi) is 3.90. The molecular formula is C12H15N3O2S. The van der Waals surface area contributed by atoms with Gasteiger partial charge in [0.2, 0.25) is 10.0 Å². The number of para-hydroxylation sites is 1. The standard InChI is InChI=1S/C12H15N3O2S/c13-6-8-15-18(16,17)9-11-4-1-3-10-5-2-7-14-12(10)11/h1-5,7,15H,6,8-9,13H2. The average molecular weight is 265 g/mol. The van der Waals surface area contributed by atoms with E-state index in [2.05, 4.69) is 9.71 Å². The van der Waals surface area contributed by atoms with Crippen molar-refractivity contribution in [1.82, 2.24) is 9.71 Å². The summed E-state index contributed by atoms with van der Waals surface area (Å²) in [5.74, 6) is -0.0820. The zero-order valence-corrected chi connectivity index (χ0v) is 10.7. The molecule has 1 aromatic heterocycles. The number of hydrogen-bond acceptors (Lipinski definition) is 4. The summed E-state index contributed by atoms with van der Waals surface area (Å²) in [6.45, 7) is 0.535. The summed E-state index contributed by atoms with van der Waals surface area (Å²) in [6, 6.07) is 9.25. The minimum absolute atomic E-state index is 0.0820. The van der Waals surface area contributed by atoms with E-state index in [1.54, 1.807) is 12.3 Å². The number of fused-ring (bicyclic) bond motifs is 1. The monoisotopic (exact) mass is 265 g/mol. The Morgan fingerprint density at radius 1 is 1.22 bits per heavy atom. The van der Waals surface area contributed by atoms with Gasteiger partial charge in [0.05, 0.1) is 11.3 Å². The van der Waals surface area contributed by atoms with Crippen LogP contribution in [-0.4, -0.2) is 26.5 Å². The van der Waals surface area contributed by atoms with E-state index in [9.17, 15) is 8.42 Å². The van der Waals surface area contributed by atoms with E-state index in [1.165, 1.54) is 0 Å². The molecule has 96 valence electrons. The molecule has 0 fully saturated rings. The summed E-state index contributed by atoms with van der Waals surface area (Å²) in [7, 11) is -3.36. The predicted molar refractivity (Wildman–Crippen MR) is 71.4 cm³/mol. The van der Waals surface area contributed by atoms with Crippen LogP contribution < -0.4 is 10.5 Å². The van der Waals surface area contributed by atoms with Gasteiger partial charge in [0, 0.05) is 24.7 Å². The maximum atomic E-state index is 11.8. The van der Waals surface area contributed by atoms with Crippen LogP contribution in [0.4, 0.5) is 0 Å². The number of rotatable bonds is 5. The van der Waals surface area contributed by atoms with Gasteiger partial charge in [-0.25, -0.2) is 13.1 Å². The second kappa shape index (κ2) is 5.43. The Morgan fingerprint density at radius 3 is 2.78 bits per heavy atom. The third kappa shape index (κ3) is 3.04. The van der Waals surface area contributed by atoms with Crippen molar-refractivity contribution in [3.05, 3.63) is 42.1 Å². The van der Waals surface area contributed by atoms with Gasteiger partial charge in [-0.2, -0.15) is 0 Å². The van der Waals surface area contributed by atoms with Gasteiger partial charge in [0.25, 0.3) is 0 Å². The second-order valence-corrected chi connectivity index (χ2v) is 5.74. The number of pyridine rings is 1. The zero-order chi connectivity index (χ0) is 13.0. The molecule has 0 aliphatic heterocycles. The molecule has 0 amide bonds. The third-order valence-corrected chi connectivity index (χ3v) is 3.86. The highest BCUT2D eigenvalue weighted by Gasteiger charge is 2.13. The molecule has 0 aliphatic rings. The largest absolute Gasteiger partial charge is 0.329 e. The van der Waals surface area contributed by atoms with Crippen molar-refractivity contribution < 1.29 is 8.42 Å². The number of sulfonamides is 1. The summed E-state index contributed by atoms with van der Waals surface area (Å²) in [5, 5.41) is 0.934. The van der Waals surface area contributed by atoms with Gasteiger partial charge in [-0.15, -0.1) is 0 Å². The average Bonchev–Trinajstić information content (AvgIpc) is 2.37. The van der Waals surface area contributed by atoms with Crippen molar-refractivity contribution >= 4 is 20.9 Å². The minimum atomic E-state index is -3.36. The SMILES string of the molecule is NCCNS(=O)(=O)Cc1cccc2cccnc12. The van der Waals surface area contributed by atoms with Gasteiger partial charge in [0.1, 0.15) is 0 Å². The van der Waals surface area contributed by atoms with Crippen LogP contribution >= 0.6 is 0 Å². The van der Waals surface area contributed by atoms with Crippen LogP contribution in [0.25, 0.3) is 10.9 Å². The first-order chi connectivity index (χ1) is 8.62. The van der Waals surface area contributed by atoms with Crippen LogP contribution in [0.2, 0.25) is 0 Å². The van der Waals surface area contributed by atoms with Crippen LogP contribution in [0, 0.1) is 0 Å². The van der Waals surface area contributed by atoms with Crippen molar-refractivity contribution in [2.24, 2.45) is 5.73 Å². The summed E-state index contributed by atoms with van der Waals surface area (Å²) in [5.41, 5.74) is 6.69. The predicted octanol–water partition coefficient (Wildman–Crippen LogP) is 0.613. The van der Waals surface area contributed by atoms with Gasteiger partial charge < -0.3 is 5.73 Å². The Morgan fingerprint density at radius 2 is 2.00 bits per heavy atom. The van der Waals surface area contributed by atoms with Gasteiger partial charge in [0.15, 0.2) is 0 Å². The van der Waals surface area contributed by atoms with E-state index in [0.29, 0.717) is 5.56 Å². The second-order valence-electron chi connectivity index (χ2n) is 3.93. The fourth-order valence-electron chi connectivity index (χ4n) is 1.75. The van der Waals surface area contributed by atoms with Crippen LogP contribution in [0.3, 0.4) is 0 Å². The maximum absolute atomic E-state index is 11.8. The van der Waals surface area contributed by atoms with Crippen molar-refractivity contribution in [3.63, 3.8) is 0 Å². The van der Waals surface area contributed by atoms with Crippen LogP contribution in [0.5, 0.6) is 0 Å². The summed E-state index contributed by atoms with van der Waals surface area (Å²) in [6.07, 6.45) is 1.66. The fraction of sp³-hybridized carbons (Fsp3) is 0.250. The van der Waals surface area contributed by atoms with E-state index in [-0.39, 0.29) is 18.8 Å². The van der Waals surface area contributed by atoms with Crippen LogP contribution in [0.1, 0.15) is 5.56 Å². The smallest absolute Gasteiger partial charge is 0.215 e. The van der Waals surface area contributed by atoms with E-state index >= 15 is 0 Å². The Bertz CT molecular complexity index is 635. The number of nitrogens with two attached hydrogens (primary N) is 1. The van der Waals surface area contributed by atoms with Crippen molar-refractivity contribution in [2.45, 2.75) is 5.75 Å². The molecule has 6 heteroatoms. The molecule has 0 aliphatic carbocycles. The summed E-state index contributed by atoms with van der Waals surface area (Å²) >= 11 is 0. The molecule has 5 nitrogen and oxygen atoms in total. The Labute approximate surface area is 106 Å². The molecule has 18 heavy (non-hydrogen) atoms. The molecule has 0 atom stereocenters. The van der Waals surface area contributed by atoms with Gasteiger partial charge in [-0.1, -0.05) is 24.3 Å². The molecule has 0 spiro atoms. The van der Waals surface area contributed by atoms with Crippen LogP contribution in [-0.2, 0) is 15.8 Å². The zero-order valence-electron chi connectivity index (χ0n) is 9.83. The van der Waals surface area contributed by atoms with E-state index in [0.717, 1.165) is 10.9 Å².